The van der Waals surface area contributed by atoms with Gasteiger partial charge in [-0.25, -0.2) is 0 Å². The molecule has 1 saturated carbocycles. The maximum absolute atomic E-state index is 3.64. The van der Waals surface area contributed by atoms with Crippen LogP contribution in [0, 0.1) is 0 Å². The van der Waals surface area contributed by atoms with Crippen molar-refractivity contribution in [3.05, 3.63) is 56.8 Å². The summed E-state index contributed by atoms with van der Waals surface area (Å²) in [6.07, 6.45) is 2.66. The summed E-state index contributed by atoms with van der Waals surface area (Å²) in [5, 5.41) is 4.97. The van der Waals surface area contributed by atoms with Crippen LogP contribution in [-0.2, 0) is 13.1 Å². The zero-order valence-corrected chi connectivity index (χ0v) is 14.1. The Balaban J connectivity index is 1.70. The molecule has 4 rings (SSSR count). The molecule has 0 atom stereocenters. The lowest BCUT2D eigenvalue weighted by Crippen LogP contribution is -2.18. The van der Waals surface area contributed by atoms with Crippen molar-refractivity contribution in [3.63, 3.8) is 0 Å². The van der Waals surface area contributed by atoms with E-state index >= 15 is 0 Å². The summed E-state index contributed by atoms with van der Waals surface area (Å²) in [5.74, 6) is 0. The lowest BCUT2D eigenvalue weighted by Gasteiger charge is -2.10. The quantitative estimate of drug-likeness (QED) is 0.693. The number of thiophene rings is 1. The van der Waals surface area contributed by atoms with E-state index in [9.17, 15) is 0 Å². The molecule has 1 aliphatic rings. The highest BCUT2D eigenvalue weighted by atomic mass is 79.9. The Morgan fingerprint density at radius 2 is 2.05 bits per heavy atom. The van der Waals surface area contributed by atoms with E-state index in [1.807, 2.05) is 11.3 Å². The van der Waals surface area contributed by atoms with Crippen LogP contribution in [0.1, 0.15) is 23.4 Å². The van der Waals surface area contributed by atoms with Gasteiger partial charge in [-0.2, -0.15) is 0 Å². The molecule has 1 fully saturated rings. The molecule has 2 aromatic heterocycles. The molecule has 21 heavy (non-hydrogen) atoms. The van der Waals surface area contributed by atoms with Crippen LogP contribution >= 0.6 is 27.3 Å². The predicted octanol–water partition coefficient (Wildman–Crippen LogP) is 4.77. The van der Waals surface area contributed by atoms with Crippen molar-refractivity contribution in [1.29, 1.82) is 0 Å². The minimum Gasteiger partial charge on any atom is -0.338 e. The second-order valence-corrected chi connectivity index (χ2v) is 8.19. The monoisotopic (exact) mass is 360 g/mol. The summed E-state index contributed by atoms with van der Waals surface area (Å²) in [4.78, 5) is 1.39. The molecular weight excluding hydrogens is 344 g/mol. The first-order chi connectivity index (χ1) is 10.3. The van der Waals surface area contributed by atoms with E-state index in [-0.39, 0.29) is 0 Å². The number of para-hydroxylation sites is 1. The highest BCUT2D eigenvalue weighted by Gasteiger charge is 2.21. The standard InChI is InChI=1S/C17H17BrN2S/c18-17-8-7-15(21-17)11-20-14(10-19-13-5-6-13)9-12-3-1-2-4-16(12)20/h1-4,7-9,13,19H,5-6,10-11H2. The highest BCUT2D eigenvalue weighted by Crippen LogP contribution is 2.27. The number of rotatable bonds is 5. The van der Waals surface area contributed by atoms with E-state index in [0.717, 1.165) is 19.1 Å². The second-order valence-electron chi connectivity index (χ2n) is 5.64. The average molecular weight is 361 g/mol. The zero-order valence-electron chi connectivity index (χ0n) is 11.7. The number of hydrogen-bond acceptors (Lipinski definition) is 2. The van der Waals surface area contributed by atoms with Gasteiger partial charge in [-0.05, 0) is 58.4 Å². The summed E-state index contributed by atoms with van der Waals surface area (Å²) in [6.45, 7) is 1.91. The van der Waals surface area contributed by atoms with Gasteiger partial charge in [-0.1, -0.05) is 18.2 Å². The first kappa shape index (κ1) is 13.6. The maximum Gasteiger partial charge on any atom is 0.0702 e. The van der Waals surface area contributed by atoms with Crippen LogP contribution < -0.4 is 5.32 Å². The van der Waals surface area contributed by atoms with Crippen LogP contribution in [0.5, 0.6) is 0 Å². The molecule has 1 N–H and O–H groups in total. The summed E-state index contributed by atoms with van der Waals surface area (Å²) < 4.78 is 3.65. The molecular formula is C17H17BrN2S. The first-order valence-electron chi connectivity index (χ1n) is 7.34. The third-order valence-electron chi connectivity index (χ3n) is 3.99. The predicted molar refractivity (Wildman–Crippen MR) is 92.9 cm³/mol. The highest BCUT2D eigenvalue weighted by molar-refractivity contribution is 9.11. The summed E-state index contributed by atoms with van der Waals surface area (Å²) >= 11 is 5.37. The molecule has 1 aliphatic carbocycles. The van der Waals surface area contributed by atoms with Crippen molar-refractivity contribution < 1.29 is 0 Å². The topological polar surface area (TPSA) is 17.0 Å². The number of nitrogens with zero attached hydrogens (tertiary/aromatic N) is 1. The summed E-state index contributed by atoms with van der Waals surface area (Å²) in [7, 11) is 0. The van der Waals surface area contributed by atoms with Crippen LogP contribution in [0.2, 0.25) is 0 Å². The van der Waals surface area contributed by atoms with E-state index in [0.29, 0.717) is 0 Å². The van der Waals surface area contributed by atoms with E-state index in [1.165, 1.54) is 38.1 Å². The second kappa shape index (κ2) is 5.59. The molecule has 0 aliphatic heterocycles. The van der Waals surface area contributed by atoms with E-state index in [4.69, 9.17) is 0 Å². The number of halogens is 1. The first-order valence-corrected chi connectivity index (χ1v) is 8.95. The molecule has 0 saturated heterocycles. The van der Waals surface area contributed by atoms with Crippen molar-refractivity contribution in [2.75, 3.05) is 0 Å². The van der Waals surface area contributed by atoms with Gasteiger partial charge in [0.25, 0.3) is 0 Å². The Kier molecular flexibility index (Phi) is 3.61. The zero-order chi connectivity index (χ0) is 14.2. The van der Waals surface area contributed by atoms with Gasteiger partial charge in [0, 0.05) is 28.7 Å². The Hall–Kier alpha value is -1.10. The number of benzene rings is 1. The van der Waals surface area contributed by atoms with Crippen molar-refractivity contribution >= 4 is 38.2 Å². The van der Waals surface area contributed by atoms with E-state index in [2.05, 4.69) is 68.3 Å². The number of fused-ring (bicyclic) bond motifs is 1. The van der Waals surface area contributed by atoms with Gasteiger partial charge in [-0.15, -0.1) is 11.3 Å². The summed E-state index contributed by atoms with van der Waals surface area (Å²) in [5.41, 5.74) is 2.71. The van der Waals surface area contributed by atoms with Crippen LogP contribution in [-0.4, -0.2) is 10.6 Å². The third kappa shape index (κ3) is 2.93. The minimum absolute atomic E-state index is 0.743. The van der Waals surface area contributed by atoms with Gasteiger partial charge >= 0.3 is 0 Å². The molecule has 108 valence electrons. The van der Waals surface area contributed by atoms with Gasteiger partial charge < -0.3 is 9.88 Å². The van der Waals surface area contributed by atoms with Crippen LogP contribution in [0.15, 0.2) is 46.3 Å². The van der Waals surface area contributed by atoms with Crippen LogP contribution in [0.3, 0.4) is 0 Å². The molecule has 2 nitrogen and oxygen atoms in total. The van der Waals surface area contributed by atoms with Gasteiger partial charge in [-0.3, -0.25) is 0 Å². The van der Waals surface area contributed by atoms with Crippen LogP contribution in [0.25, 0.3) is 10.9 Å². The van der Waals surface area contributed by atoms with Crippen molar-refractivity contribution in [1.82, 2.24) is 9.88 Å². The van der Waals surface area contributed by atoms with Gasteiger partial charge in [0.15, 0.2) is 0 Å². The number of aromatic nitrogens is 1. The molecule has 0 amide bonds. The maximum atomic E-state index is 3.64. The van der Waals surface area contributed by atoms with Crippen LogP contribution in [0.4, 0.5) is 0 Å². The largest absolute Gasteiger partial charge is 0.338 e. The van der Waals surface area contributed by atoms with Crippen molar-refractivity contribution in [3.8, 4) is 0 Å². The van der Waals surface area contributed by atoms with Crippen molar-refractivity contribution in [2.45, 2.75) is 32.0 Å². The van der Waals surface area contributed by atoms with Gasteiger partial charge in [0.2, 0.25) is 0 Å². The molecule has 2 heterocycles. The Labute approximate surface area is 136 Å². The Morgan fingerprint density at radius 1 is 1.19 bits per heavy atom. The number of hydrogen-bond donors (Lipinski definition) is 1. The van der Waals surface area contributed by atoms with E-state index < -0.39 is 0 Å². The number of nitrogens with one attached hydrogen (secondary N) is 1. The molecule has 1 aromatic carbocycles. The lowest BCUT2D eigenvalue weighted by molar-refractivity contribution is 0.643. The molecule has 0 bridgehead atoms. The lowest BCUT2D eigenvalue weighted by atomic mass is 10.2. The van der Waals surface area contributed by atoms with Gasteiger partial charge in [0.05, 0.1) is 10.3 Å². The Bertz CT molecular complexity index is 770. The molecule has 0 radical (unpaired) electrons. The average Bonchev–Trinajstić information content (AvgIpc) is 3.14. The van der Waals surface area contributed by atoms with Gasteiger partial charge in [0.1, 0.15) is 0 Å². The fourth-order valence-corrected chi connectivity index (χ4v) is 4.20. The molecule has 0 spiro atoms. The molecule has 3 aromatic rings. The van der Waals surface area contributed by atoms with E-state index in [1.54, 1.807) is 0 Å². The fourth-order valence-electron chi connectivity index (χ4n) is 2.73. The summed E-state index contributed by atoms with van der Waals surface area (Å²) in [6, 6.07) is 16.1. The fraction of sp³-hybridized carbons (Fsp3) is 0.294. The molecule has 0 unspecified atom stereocenters. The van der Waals surface area contributed by atoms with Crippen molar-refractivity contribution in [2.24, 2.45) is 0 Å². The third-order valence-corrected chi connectivity index (χ3v) is 5.60. The normalized spacial score (nSPS) is 14.9. The Morgan fingerprint density at radius 3 is 2.81 bits per heavy atom. The smallest absolute Gasteiger partial charge is 0.0702 e. The molecule has 4 heteroatoms. The minimum atomic E-state index is 0.743. The SMILES string of the molecule is Brc1ccc(Cn2c(CNC3CC3)cc3ccccc32)s1.